The van der Waals surface area contributed by atoms with Gasteiger partial charge in [0.2, 0.25) is 0 Å². The monoisotopic (exact) mass is 402 g/mol. The molecule has 0 aliphatic carbocycles. The highest BCUT2D eigenvalue weighted by molar-refractivity contribution is 5.79. The van der Waals surface area contributed by atoms with E-state index >= 15 is 0 Å². The zero-order chi connectivity index (χ0) is 20.8. The Kier molecular flexibility index (Phi) is 11.6. The maximum absolute atomic E-state index is 12.1. The molecule has 0 amide bonds. The van der Waals surface area contributed by atoms with E-state index in [1.54, 1.807) is 12.1 Å². The van der Waals surface area contributed by atoms with Crippen LogP contribution in [0, 0.1) is 0 Å². The van der Waals surface area contributed by atoms with Crippen molar-refractivity contribution in [3.63, 3.8) is 0 Å². The summed E-state index contributed by atoms with van der Waals surface area (Å²) in [6.45, 7) is 10.3. The van der Waals surface area contributed by atoms with E-state index < -0.39 is 12.8 Å². The van der Waals surface area contributed by atoms with Crippen LogP contribution in [-0.4, -0.2) is 56.4 Å². The Morgan fingerprint density at radius 2 is 1.68 bits per heavy atom. The van der Waals surface area contributed by atoms with Gasteiger partial charge in [-0.2, -0.15) is 13.2 Å². The lowest BCUT2D eigenvalue weighted by molar-refractivity contribution is -0.176. The fourth-order valence-corrected chi connectivity index (χ4v) is 2.59. The average molecular weight is 403 g/mol. The largest absolute Gasteiger partial charge is 0.411 e. The minimum Gasteiger partial charge on any atom is -0.367 e. The number of halogens is 3. The molecule has 5 nitrogen and oxygen atoms in total. The van der Waals surface area contributed by atoms with Crippen molar-refractivity contribution in [2.75, 3.05) is 39.3 Å². The van der Waals surface area contributed by atoms with Gasteiger partial charge in [-0.05, 0) is 44.1 Å². The molecule has 160 valence electrons. The molecule has 1 rings (SSSR count). The molecule has 2 N–H and O–H groups in total. The molecule has 0 saturated carbocycles. The van der Waals surface area contributed by atoms with Crippen LogP contribution >= 0.6 is 0 Å². The van der Waals surface area contributed by atoms with Gasteiger partial charge in [-0.1, -0.05) is 38.1 Å². The van der Waals surface area contributed by atoms with E-state index in [9.17, 15) is 13.2 Å². The van der Waals surface area contributed by atoms with Crippen molar-refractivity contribution in [1.82, 2.24) is 15.5 Å². The van der Waals surface area contributed by atoms with Crippen LogP contribution in [0.4, 0.5) is 13.2 Å². The van der Waals surface area contributed by atoms with Gasteiger partial charge in [0.1, 0.15) is 6.61 Å². The standard InChI is InChI=1S/C20H33F3N4O/c1-4-24-19(25-12-7-13-27(5-2)6-3)26-14-17-8-10-18(11-9-17)15-28-16-20(21,22)23/h8-11H,4-7,12-16H2,1-3H3,(H2,24,25,26). The van der Waals surface area contributed by atoms with Crippen molar-refractivity contribution in [3.8, 4) is 0 Å². The number of guanidine groups is 1. The number of benzene rings is 1. The van der Waals surface area contributed by atoms with Crippen molar-refractivity contribution in [3.05, 3.63) is 35.4 Å². The molecule has 1 aromatic rings. The van der Waals surface area contributed by atoms with Crippen LogP contribution < -0.4 is 10.6 Å². The number of alkyl halides is 3. The number of hydrogen-bond acceptors (Lipinski definition) is 3. The summed E-state index contributed by atoms with van der Waals surface area (Å²) in [5.74, 6) is 0.764. The minimum absolute atomic E-state index is 0.0558. The van der Waals surface area contributed by atoms with E-state index in [0.717, 1.165) is 50.7 Å². The van der Waals surface area contributed by atoms with Gasteiger partial charge in [-0.3, -0.25) is 0 Å². The maximum atomic E-state index is 12.1. The Morgan fingerprint density at radius 3 is 2.25 bits per heavy atom. The lowest BCUT2D eigenvalue weighted by Gasteiger charge is -2.18. The van der Waals surface area contributed by atoms with Gasteiger partial charge < -0.3 is 20.3 Å². The van der Waals surface area contributed by atoms with Crippen LogP contribution in [0.25, 0.3) is 0 Å². The second-order valence-corrected chi connectivity index (χ2v) is 6.43. The quantitative estimate of drug-likeness (QED) is 0.319. The molecule has 0 heterocycles. The Bertz CT molecular complexity index is 558. The first-order valence-corrected chi connectivity index (χ1v) is 9.84. The fraction of sp³-hybridized carbons (Fsp3) is 0.650. The molecule has 0 spiro atoms. The predicted molar refractivity (Wildman–Crippen MR) is 107 cm³/mol. The molecule has 0 bridgehead atoms. The summed E-state index contributed by atoms with van der Waals surface area (Å²) in [6.07, 6.45) is -3.26. The molecule has 0 saturated heterocycles. The average Bonchev–Trinajstić information content (AvgIpc) is 2.66. The summed E-state index contributed by atoms with van der Waals surface area (Å²) in [5.41, 5.74) is 1.69. The van der Waals surface area contributed by atoms with Gasteiger partial charge in [0.15, 0.2) is 5.96 Å². The molecule has 28 heavy (non-hydrogen) atoms. The van der Waals surface area contributed by atoms with Crippen LogP contribution in [0.3, 0.4) is 0 Å². The highest BCUT2D eigenvalue weighted by Crippen LogP contribution is 2.16. The normalized spacial score (nSPS) is 12.5. The van der Waals surface area contributed by atoms with Crippen LogP contribution in [0.15, 0.2) is 29.3 Å². The summed E-state index contributed by atoms with van der Waals surface area (Å²) in [7, 11) is 0. The van der Waals surface area contributed by atoms with Crippen molar-refractivity contribution < 1.29 is 17.9 Å². The van der Waals surface area contributed by atoms with Gasteiger partial charge in [-0.15, -0.1) is 0 Å². The van der Waals surface area contributed by atoms with Gasteiger partial charge in [0.05, 0.1) is 13.2 Å². The lowest BCUT2D eigenvalue weighted by Crippen LogP contribution is -2.38. The second kappa shape index (κ2) is 13.4. The van der Waals surface area contributed by atoms with Crippen molar-refractivity contribution in [2.24, 2.45) is 4.99 Å². The SMILES string of the molecule is CCNC(=NCc1ccc(COCC(F)(F)F)cc1)NCCCN(CC)CC. The zero-order valence-electron chi connectivity index (χ0n) is 17.1. The maximum Gasteiger partial charge on any atom is 0.411 e. The van der Waals surface area contributed by atoms with Crippen molar-refractivity contribution in [2.45, 2.75) is 46.5 Å². The molecular formula is C20H33F3N4O. The molecule has 0 unspecified atom stereocenters. The molecule has 0 atom stereocenters. The number of nitrogens with one attached hydrogen (secondary N) is 2. The molecular weight excluding hydrogens is 369 g/mol. The first-order chi connectivity index (χ1) is 13.4. The molecule has 1 aromatic carbocycles. The fourth-order valence-electron chi connectivity index (χ4n) is 2.59. The van der Waals surface area contributed by atoms with E-state index in [0.29, 0.717) is 12.1 Å². The zero-order valence-corrected chi connectivity index (χ0v) is 17.1. The van der Waals surface area contributed by atoms with Gasteiger partial charge in [-0.25, -0.2) is 4.99 Å². The van der Waals surface area contributed by atoms with Crippen molar-refractivity contribution in [1.29, 1.82) is 0 Å². The summed E-state index contributed by atoms with van der Waals surface area (Å²) in [4.78, 5) is 6.95. The molecule has 0 aromatic heterocycles. The molecule has 8 heteroatoms. The Balaban J connectivity index is 2.44. The summed E-state index contributed by atoms with van der Waals surface area (Å²) in [5, 5.41) is 6.55. The third-order valence-corrected chi connectivity index (χ3v) is 4.16. The molecule has 0 radical (unpaired) electrons. The van der Waals surface area contributed by atoms with Crippen molar-refractivity contribution >= 4 is 5.96 Å². The topological polar surface area (TPSA) is 48.9 Å². The van der Waals surface area contributed by atoms with E-state index in [1.807, 2.05) is 19.1 Å². The number of hydrogen-bond donors (Lipinski definition) is 2. The number of ether oxygens (including phenoxy) is 1. The van der Waals surface area contributed by atoms with E-state index in [1.165, 1.54) is 0 Å². The Morgan fingerprint density at radius 1 is 1.04 bits per heavy atom. The smallest absolute Gasteiger partial charge is 0.367 e. The minimum atomic E-state index is -4.30. The Labute approximate surface area is 166 Å². The predicted octanol–water partition coefficient (Wildman–Crippen LogP) is 3.55. The van der Waals surface area contributed by atoms with Gasteiger partial charge in [0.25, 0.3) is 0 Å². The number of rotatable bonds is 12. The van der Waals surface area contributed by atoms with Gasteiger partial charge >= 0.3 is 6.18 Å². The van der Waals surface area contributed by atoms with Crippen LogP contribution in [0.5, 0.6) is 0 Å². The summed E-state index contributed by atoms with van der Waals surface area (Å²) >= 11 is 0. The van der Waals surface area contributed by atoms with Crippen LogP contribution in [-0.2, 0) is 17.9 Å². The highest BCUT2D eigenvalue weighted by Gasteiger charge is 2.27. The van der Waals surface area contributed by atoms with E-state index in [4.69, 9.17) is 0 Å². The van der Waals surface area contributed by atoms with Gasteiger partial charge in [0, 0.05) is 13.1 Å². The van der Waals surface area contributed by atoms with Crippen LogP contribution in [0.1, 0.15) is 38.3 Å². The third kappa shape index (κ3) is 11.1. The second-order valence-electron chi connectivity index (χ2n) is 6.43. The van der Waals surface area contributed by atoms with E-state index in [-0.39, 0.29) is 6.61 Å². The summed E-state index contributed by atoms with van der Waals surface area (Å²) < 4.78 is 40.9. The Hall–Kier alpha value is -1.80. The number of aliphatic imine (C=N–C) groups is 1. The van der Waals surface area contributed by atoms with Crippen LogP contribution in [0.2, 0.25) is 0 Å². The highest BCUT2D eigenvalue weighted by atomic mass is 19.4. The number of nitrogens with zero attached hydrogens (tertiary/aromatic N) is 2. The lowest BCUT2D eigenvalue weighted by atomic mass is 10.1. The molecule has 0 aliphatic rings. The first kappa shape index (κ1) is 24.2. The molecule has 0 fully saturated rings. The molecule has 0 aliphatic heterocycles. The van der Waals surface area contributed by atoms with E-state index in [2.05, 4.69) is 39.1 Å². The summed E-state index contributed by atoms with van der Waals surface area (Å²) in [6, 6.07) is 7.26. The first-order valence-electron chi connectivity index (χ1n) is 9.84. The third-order valence-electron chi connectivity index (χ3n) is 4.16.